The molecule has 6 amide bonds. The second-order valence-electron chi connectivity index (χ2n) is 13.0. The summed E-state index contributed by atoms with van der Waals surface area (Å²) in [6, 6.07) is 11.0. The van der Waals surface area contributed by atoms with Gasteiger partial charge in [0, 0.05) is 36.4 Å². The summed E-state index contributed by atoms with van der Waals surface area (Å²) in [4.78, 5) is 81.8. The average molecular weight is 738 g/mol. The SMILES string of the molecule is CSCC[C@H](NC(=O)[C@H](CC(C)C)NC(=O)[C@H](Cc1ccccc1)NC(=O)[C@H](Cc1c[nH]c2ccccc12)NC(=O)[C@@H](N)CCC(N)=O)C(=O)NN. The lowest BCUT2D eigenvalue weighted by atomic mass is 9.99. The van der Waals surface area contributed by atoms with E-state index >= 15 is 0 Å². The number of benzene rings is 2. The molecule has 0 radical (unpaired) electrons. The number of aromatic nitrogens is 1. The number of amides is 6. The largest absolute Gasteiger partial charge is 0.370 e. The first-order valence-electron chi connectivity index (χ1n) is 17.2. The highest BCUT2D eigenvalue weighted by Crippen LogP contribution is 2.20. The van der Waals surface area contributed by atoms with E-state index in [1.54, 1.807) is 30.5 Å². The number of hydrazine groups is 1. The molecule has 12 N–H and O–H groups in total. The maximum atomic E-state index is 14.1. The van der Waals surface area contributed by atoms with Gasteiger partial charge in [0.1, 0.15) is 24.2 Å². The van der Waals surface area contributed by atoms with Crippen LogP contribution in [0.5, 0.6) is 0 Å². The molecule has 5 atom stereocenters. The summed E-state index contributed by atoms with van der Waals surface area (Å²) in [5, 5.41) is 11.9. The van der Waals surface area contributed by atoms with Gasteiger partial charge in [0.05, 0.1) is 6.04 Å². The Bertz CT molecular complexity index is 1670. The number of nitrogens with one attached hydrogen (secondary N) is 6. The number of carbonyl (C=O) groups excluding carboxylic acids is 6. The number of nitrogens with two attached hydrogens (primary N) is 3. The zero-order chi connectivity index (χ0) is 38.2. The van der Waals surface area contributed by atoms with Gasteiger partial charge in [-0.15, -0.1) is 0 Å². The highest BCUT2D eigenvalue weighted by Gasteiger charge is 2.33. The fourth-order valence-corrected chi connectivity index (χ4v) is 6.09. The molecule has 52 heavy (non-hydrogen) atoms. The van der Waals surface area contributed by atoms with Crippen LogP contribution in [-0.2, 0) is 41.6 Å². The van der Waals surface area contributed by atoms with Crippen molar-refractivity contribution in [2.75, 3.05) is 12.0 Å². The predicted octanol–water partition coefficient (Wildman–Crippen LogP) is 0.274. The van der Waals surface area contributed by atoms with Crippen LogP contribution in [0.15, 0.2) is 60.8 Å². The average Bonchev–Trinajstić information content (AvgIpc) is 3.53. The first-order chi connectivity index (χ1) is 24.8. The van der Waals surface area contributed by atoms with Gasteiger partial charge in [-0.25, -0.2) is 5.84 Å². The Balaban J connectivity index is 1.91. The molecule has 1 heterocycles. The minimum Gasteiger partial charge on any atom is -0.370 e. The van der Waals surface area contributed by atoms with Crippen molar-refractivity contribution in [3.63, 3.8) is 0 Å². The van der Waals surface area contributed by atoms with Gasteiger partial charge in [0.2, 0.25) is 29.5 Å². The summed E-state index contributed by atoms with van der Waals surface area (Å²) in [7, 11) is 0. The van der Waals surface area contributed by atoms with E-state index in [9.17, 15) is 28.8 Å². The van der Waals surface area contributed by atoms with E-state index < -0.39 is 65.7 Å². The number of thioether (sulfide) groups is 1. The Kier molecular flexibility index (Phi) is 16.6. The summed E-state index contributed by atoms with van der Waals surface area (Å²) in [5.74, 6) is 2.18. The van der Waals surface area contributed by atoms with Crippen molar-refractivity contribution in [1.82, 2.24) is 31.7 Å². The van der Waals surface area contributed by atoms with Crippen molar-refractivity contribution in [3.8, 4) is 0 Å². The lowest BCUT2D eigenvalue weighted by molar-refractivity contribution is -0.135. The molecule has 0 aliphatic carbocycles. The quantitative estimate of drug-likeness (QED) is 0.0413. The fourth-order valence-electron chi connectivity index (χ4n) is 5.62. The number of primary amides is 1. The van der Waals surface area contributed by atoms with Crippen LogP contribution < -0.4 is 44.0 Å². The normalized spacial score (nSPS) is 14.0. The predicted molar refractivity (Wildman–Crippen MR) is 201 cm³/mol. The maximum Gasteiger partial charge on any atom is 0.256 e. The first kappa shape index (κ1) is 41.5. The lowest BCUT2D eigenvalue weighted by Gasteiger charge is -2.27. The van der Waals surface area contributed by atoms with E-state index in [4.69, 9.17) is 17.3 Å². The Morgan fingerprint density at radius 3 is 1.94 bits per heavy atom. The molecule has 0 fully saturated rings. The molecular weight excluding hydrogens is 687 g/mol. The molecule has 0 spiro atoms. The van der Waals surface area contributed by atoms with Crippen LogP contribution in [0, 0.1) is 5.92 Å². The molecule has 0 saturated heterocycles. The third-order valence-electron chi connectivity index (χ3n) is 8.41. The van der Waals surface area contributed by atoms with Crippen molar-refractivity contribution in [2.45, 2.75) is 82.6 Å². The number of hydrogen-bond donors (Lipinski definition) is 9. The molecule has 3 aromatic rings. The van der Waals surface area contributed by atoms with Gasteiger partial charge in [-0.3, -0.25) is 34.2 Å². The van der Waals surface area contributed by atoms with Crippen LogP contribution in [0.1, 0.15) is 50.7 Å². The van der Waals surface area contributed by atoms with Crippen LogP contribution >= 0.6 is 11.8 Å². The molecular formula is C36H51N9O6S. The minimum atomic E-state index is -1.18. The van der Waals surface area contributed by atoms with E-state index in [0.29, 0.717) is 12.2 Å². The summed E-state index contributed by atoms with van der Waals surface area (Å²) in [6.07, 6.45) is 4.14. The number of aromatic amines is 1. The maximum absolute atomic E-state index is 14.1. The first-order valence-corrected chi connectivity index (χ1v) is 18.6. The van der Waals surface area contributed by atoms with Crippen molar-refractivity contribution in [2.24, 2.45) is 23.2 Å². The number of carbonyl (C=O) groups is 6. The number of fused-ring (bicyclic) bond motifs is 1. The Morgan fingerprint density at radius 2 is 1.31 bits per heavy atom. The number of hydrogen-bond acceptors (Lipinski definition) is 9. The van der Waals surface area contributed by atoms with Crippen molar-refractivity contribution < 1.29 is 28.8 Å². The molecule has 0 saturated carbocycles. The van der Waals surface area contributed by atoms with Crippen LogP contribution in [0.25, 0.3) is 10.9 Å². The molecule has 0 aliphatic rings. The molecule has 15 nitrogen and oxygen atoms in total. The minimum absolute atomic E-state index is 0.0218. The van der Waals surface area contributed by atoms with Crippen LogP contribution in [0.2, 0.25) is 0 Å². The van der Waals surface area contributed by atoms with E-state index in [0.717, 1.165) is 22.0 Å². The van der Waals surface area contributed by atoms with Gasteiger partial charge in [-0.1, -0.05) is 62.4 Å². The van der Waals surface area contributed by atoms with E-state index in [-0.39, 0.29) is 38.0 Å². The van der Waals surface area contributed by atoms with Crippen molar-refractivity contribution >= 4 is 58.1 Å². The summed E-state index contributed by atoms with van der Waals surface area (Å²) in [5.41, 5.74) is 15.7. The Labute approximate surface area is 307 Å². The third-order valence-corrected chi connectivity index (χ3v) is 9.06. The molecule has 1 aromatic heterocycles. The molecule has 0 aliphatic heterocycles. The Morgan fingerprint density at radius 1 is 0.731 bits per heavy atom. The smallest absolute Gasteiger partial charge is 0.256 e. The van der Waals surface area contributed by atoms with Gasteiger partial charge in [-0.05, 0) is 54.4 Å². The van der Waals surface area contributed by atoms with Crippen LogP contribution in [0.3, 0.4) is 0 Å². The fraction of sp³-hybridized carbons (Fsp3) is 0.444. The lowest BCUT2D eigenvalue weighted by Crippen LogP contribution is -2.60. The van der Waals surface area contributed by atoms with Crippen molar-refractivity contribution in [1.29, 1.82) is 0 Å². The third kappa shape index (κ3) is 13.0. The number of para-hydroxylation sites is 1. The second kappa shape index (κ2) is 20.8. The second-order valence-corrected chi connectivity index (χ2v) is 14.0. The summed E-state index contributed by atoms with van der Waals surface area (Å²) < 4.78 is 0. The molecule has 16 heteroatoms. The Hall–Kier alpha value is -4.93. The molecule has 2 aromatic carbocycles. The summed E-state index contributed by atoms with van der Waals surface area (Å²) in [6.45, 7) is 3.78. The zero-order valence-corrected chi connectivity index (χ0v) is 30.6. The van der Waals surface area contributed by atoms with Crippen LogP contribution in [-0.4, -0.2) is 82.6 Å². The van der Waals surface area contributed by atoms with E-state index in [1.165, 1.54) is 11.8 Å². The van der Waals surface area contributed by atoms with Crippen LogP contribution in [0.4, 0.5) is 0 Å². The number of rotatable bonds is 21. The highest BCUT2D eigenvalue weighted by molar-refractivity contribution is 7.98. The number of H-pyrrole nitrogens is 1. The van der Waals surface area contributed by atoms with Gasteiger partial charge in [-0.2, -0.15) is 11.8 Å². The molecule has 0 bridgehead atoms. The topological polar surface area (TPSA) is 256 Å². The van der Waals surface area contributed by atoms with E-state index in [2.05, 4.69) is 31.7 Å². The van der Waals surface area contributed by atoms with Gasteiger partial charge >= 0.3 is 0 Å². The zero-order valence-electron chi connectivity index (χ0n) is 29.8. The molecule has 3 rings (SSSR count). The molecule has 282 valence electrons. The highest BCUT2D eigenvalue weighted by atomic mass is 32.2. The molecule has 0 unspecified atom stereocenters. The monoisotopic (exact) mass is 737 g/mol. The standard InChI is InChI=1S/C36H51N9O6S/c1-21(2)17-28(33(48)41-27(15-16-52-3)36(51)45-39)43-34(49)29(18-22-9-5-4-6-10-22)44-35(50)30(42-32(47)25(37)13-14-31(38)46)19-23-20-40-26-12-8-7-11-24(23)26/h4-12,20-21,25,27-30,40H,13-19,37,39H2,1-3H3,(H2,38,46)(H,41,48)(H,42,47)(H,43,49)(H,44,50)(H,45,51)/t25-,27-,28-,29-,30-/m0/s1. The van der Waals surface area contributed by atoms with Gasteiger partial charge < -0.3 is 37.7 Å². The van der Waals surface area contributed by atoms with E-state index in [1.807, 2.05) is 50.4 Å². The summed E-state index contributed by atoms with van der Waals surface area (Å²) >= 11 is 1.50. The van der Waals surface area contributed by atoms with Crippen molar-refractivity contribution in [3.05, 3.63) is 71.9 Å². The van der Waals surface area contributed by atoms with Gasteiger partial charge in [0.15, 0.2) is 0 Å². The van der Waals surface area contributed by atoms with Gasteiger partial charge in [0.25, 0.3) is 5.91 Å².